The maximum atomic E-state index is 13.3. The number of rotatable bonds is 5. The minimum absolute atomic E-state index is 0.0158. The van der Waals surface area contributed by atoms with Crippen LogP contribution in [-0.2, 0) is 20.4 Å². The van der Waals surface area contributed by atoms with E-state index in [1.165, 1.54) is 19.2 Å². The van der Waals surface area contributed by atoms with Crippen LogP contribution >= 0.6 is 0 Å². The van der Waals surface area contributed by atoms with Gasteiger partial charge in [0.05, 0.1) is 30.2 Å². The molecule has 1 fully saturated rings. The molecular weight excluding hydrogens is 453 g/mol. The lowest BCUT2D eigenvalue weighted by molar-refractivity contribution is -0.137. The van der Waals surface area contributed by atoms with Gasteiger partial charge in [-0.05, 0) is 44.2 Å². The number of imidazole rings is 1. The fourth-order valence-electron chi connectivity index (χ4n) is 3.65. The fourth-order valence-corrected chi connectivity index (χ4v) is 3.65. The van der Waals surface area contributed by atoms with Crippen molar-refractivity contribution in [3.63, 3.8) is 0 Å². The highest BCUT2D eigenvalue weighted by Gasteiger charge is 2.32. The van der Waals surface area contributed by atoms with Gasteiger partial charge in [-0.25, -0.2) is 9.78 Å². The standard InChI is InChI=1S/C23H23F3N4O4/c1-14-4-3-5-20-27-18(13-30(14)20)22(32)34-15(2)21(31)28-17-12-16(23(24,25)26)6-7-19(17)29-8-10-33-11-9-29/h3-7,12-13,15H,8-11H2,1-2H3,(H,28,31)/t15-/m0/s1. The van der Waals surface area contributed by atoms with Crippen LogP contribution in [0.1, 0.15) is 28.7 Å². The molecule has 8 nitrogen and oxygen atoms in total. The first kappa shape index (κ1) is 23.6. The van der Waals surface area contributed by atoms with Crippen LogP contribution in [0.3, 0.4) is 0 Å². The number of aromatic nitrogens is 2. The van der Waals surface area contributed by atoms with E-state index in [-0.39, 0.29) is 11.4 Å². The fraction of sp³-hybridized carbons (Fsp3) is 0.348. The Balaban J connectivity index is 1.52. The minimum Gasteiger partial charge on any atom is -0.448 e. The summed E-state index contributed by atoms with van der Waals surface area (Å²) in [5, 5.41) is 2.49. The Morgan fingerprint density at radius 2 is 1.91 bits per heavy atom. The van der Waals surface area contributed by atoms with Crippen molar-refractivity contribution in [2.45, 2.75) is 26.1 Å². The maximum absolute atomic E-state index is 13.3. The van der Waals surface area contributed by atoms with E-state index in [1.54, 1.807) is 16.5 Å². The van der Waals surface area contributed by atoms with Crippen molar-refractivity contribution < 1.29 is 32.2 Å². The normalized spacial score (nSPS) is 15.3. The van der Waals surface area contributed by atoms with Crippen LogP contribution in [0.25, 0.3) is 5.65 Å². The van der Waals surface area contributed by atoms with E-state index in [1.807, 2.05) is 17.9 Å². The molecular formula is C23H23F3N4O4. The Morgan fingerprint density at radius 3 is 2.59 bits per heavy atom. The van der Waals surface area contributed by atoms with Gasteiger partial charge in [-0.3, -0.25) is 4.79 Å². The Hall–Kier alpha value is -3.60. The van der Waals surface area contributed by atoms with Gasteiger partial charge in [0.2, 0.25) is 0 Å². The second-order valence-electron chi connectivity index (χ2n) is 7.89. The highest BCUT2D eigenvalue weighted by atomic mass is 19.4. The number of morpholine rings is 1. The predicted molar refractivity (Wildman–Crippen MR) is 118 cm³/mol. The van der Waals surface area contributed by atoms with Gasteiger partial charge in [-0.15, -0.1) is 0 Å². The van der Waals surface area contributed by atoms with Gasteiger partial charge in [0.1, 0.15) is 5.65 Å². The Kier molecular flexibility index (Phi) is 6.47. The molecule has 3 heterocycles. The smallest absolute Gasteiger partial charge is 0.416 e. The molecule has 0 bridgehead atoms. The van der Waals surface area contributed by atoms with Crippen molar-refractivity contribution >= 4 is 28.9 Å². The van der Waals surface area contributed by atoms with E-state index in [9.17, 15) is 22.8 Å². The summed E-state index contributed by atoms with van der Waals surface area (Å²) in [6, 6.07) is 8.53. The molecule has 4 rings (SSSR count). The number of hydrogen-bond donors (Lipinski definition) is 1. The third-order valence-electron chi connectivity index (χ3n) is 5.49. The molecule has 34 heavy (non-hydrogen) atoms. The molecule has 0 radical (unpaired) electrons. The molecule has 1 N–H and O–H groups in total. The number of nitrogens with one attached hydrogen (secondary N) is 1. The van der Waals surface area contributed by atoms with Gasteiger partial charge in [-0.1, -0.05) is 6.07 Å². The predicted octanol–water partition coefficient (Wildman–Crippen LogP) is 3.68. The first-order valence-electron chi connectivity index (χ1n) is 10.6. The summed E-state index contributed by atoms with van der Waals surface area (Å²) in [6.07, 6.45) is -4.35. The topological polar surface area (TPSA) is 85.2 Å². The number of ether oxygens (including phenoxy) is 2. The molecule has 180 valence electrons. The molecule has 1 saturated heterocycles. The lowest BCUT2D eigenvalue weighted by atomic mass is 10.1. The summed E-state index contributed by atoms with van der Waals surface area (Å²) < 4.78 is 52.1. The van der Waals surface area contributed by atoms with Crippen molar-refractivity contribution in [1.82, 2.24) is 9.38 Å². The SMILES string of the molecule is Cc1cccc2nc(C(=O)O[C@@H](C)C(=O)Nc3cc(C(F)(F)F)ccc3N3CCOCC3)cn12. The quantitative estimate of drug-likeness (QED) is 0.566. The van der Waals surface area contributed by atoms with E-state index in [0.717, 1.165) is 17.8 Å². The largest absolute Gasteiger partial charge is 0.448 e. The molecule has 2 aromatic heterocycles. The van der Waals surface area contributed by atoms with Crippen molar-refractivity contribution in [2.75, 3.05) is 36.5 Å². The molecule has 1 atom stereocenters. The third-order valence-corrected chi connectivity index (χ3v) is 5.49. The van der Waals surface area contributed by atoms with Gasteiger partial charge in [0, 0.05) is 25.0 Å². The monoisotopic (exact) mass is 476 g/mol. The zero-order chi connectivity index (χ0) is 24.5. The zero-order valence-corrected chi connectivity index (χ0v) is 18.6. The second kappa shape index (κ2) is 9.34. The number of carbonyl (C=O) groups excluding carboxylic acids is 2. The lowest BCUT2D eigenvalue weighted by Crippen LogP contribution is -2.37. The number of hydrogen-bond acceptors (Lipinski definition) is 6. The summed E-state index contributed by atoms with van der Waals surface area (Å²) in [5.41, 5.74) is 0.928. The Labute approximate surface area is 193 Å². The third kappa shape index (κ3) is 4.98. The first-order valence-corrected chi connectivity index (χ1v) is 10.6. The van der Waals surface area contributed by atoms with Gasteiger partial charge >= 0.3 is 12.1 Å². The summed E-state index contributed by atoms with van der Waals surface area (Å²) in [7, 11) is 0. The first-order chi connectivity index (χ1) is 16.1. The van der Waals surface area contributed by atoms with Crippen LogP contribution in [0.5, 0.6) is 0 Å². The summed E-state index contributed by atoms with van der Waals surface area (Å²) in [4.78, 5) is 31.3. The number of fused-ring (bicyclic) bond motifs is 1. The van der Waals surface area contributed by atoms with Crippen LogP contribution in [0.4, 0.5) is 24.5 Å². The second-order valence-corrected chi connectivity index (χ2v) is 7.89. The van der Waals surface area contributed by atoms with E-state index in [2.05, 4.69) is 10.3 Å². The molecule has 0 saturated carbocycles. The number of alkyl halides is 3. The zero-order valence-electron chi connectivity index (χ0n) is 18.6. The lowest BCUT2D eigenvalue weighted by Gasteiger charge is -2.31. The van der Waals surface area contributed by atoms with Crippen LogP contribution < -0.4 is 10.2 Å². The molecule has 0 aliphatic carbocycles. The van der Waals surface area contributed by atoms with E-state index < -0.39 is 29.7 Å². The van der Waals surface area contributed by atoms with Gasteiger partial charge in [0.15, 0.2) is 11.8 Å². The maximum Gasteiger partial charge on any atom is 0.416 e. The number of amides is 1. The Bertz CT molecular complexity index is 1220. The number of carbonyl (C=O) groups is 2. The molecule has 1 amide bonds. The van der Waals surface area contributed by atoms with Crippen LogP contribution in [0, 0.1) is 6.92 Å². The van der Waals surface area contributed by atoms with Gasteiger partial charge in [-0.2, -0.15) is 13.2 Å². The molecule has 0 spiro atoms. The molecule has 0 unspecified atom stereocenters. The molecule has 1 aliphatic heterocycles. The van der Waals surface area contributed by atoms with Gasteiger partial charge < -0.3 is 24.1 Å². The van der Waals surface area contributed by atoms with Gasteiger partial charge in [0.25, 0.3) is 5.91 Å². The number of benzene rings is 1. The number of nitrogens with zero attached hydrogens (tertiary/aromatic N) is 3. The Morgan fingerprint density at radius 1 is 1.18 bits per heavy atom. The number of halogens is 3. The van der Waals surface area contributed by atoms with Crippen molar-refractivity contribution in [3.05, 3.63) is 59.5 Å². The summed E-state index contributed by atoms with van der Waals surface area (Å²) in [6.45, 7) is 4.96. The number of esters is 1. The van der Waals surface area contributed by atoms with E-state index >= 15 is 0 Å². The van der Waals surface area contributed by atoms with Crippen LogP contribution in [-0.4, -0.2) is 53.7 Å². The van der Waals surface area contributed by atoms with Crippen molar-refractivity contribution in [3.8, 4) is 0 Å². The minimum atomic E-state index is -4.58. The summed E-state index contributed by atoms with van der Waals surface area (Å²) in [5.74, 6) is -1.58. The molecule has 1 aromatic carbocycles. The van der Waals surface area contributed by atoms with E-state index in [4.69, 9.17) is 9.47 Å². The highest BCUT2D eigenvalue weighted by Crippen LogP contribution is 2.36. The van der Waals surface area contributed by atoms with Crippen LogP contribution in [0.2, 0.25) is 0 Å². The average Bonchev–Trinajstić information content (AvgIpc) is 3.25. The molecule has 1 aliphatic rings. The summed E-state index contributed by atoms with van der Waals surface area (Å²) >= 11 is 0. The number of anilines is 2. The van der Waals surface area contributed by atoms with Crippen LogP contribution in [0.15, 0.2) is 42.6 Å². The average molecular weight is 476 g/mol. The molecule has 11 heteroatoms. The number of pyridine rings is 1. The van der Waals surface area contributed by atoms with Crippen molar-refractivity contribution in [2.24, 2.45) is 0 Å². The number of aryl methyl sites for hydroxylation is 1. The molecule has 3 aromatic rings. The highest BCUT2D eigenvalue weighted by molar-refractivity contribution is 5.99. The van der Waals surface area contributed by atoms with E-state index in [0.29, 0.717) is 37.6 Å². The van der Waals surface area contributed by atoms with Crippen molar-refractivity contribution in [1.29, 1.82) is 0 Å².